The van der Waals surface area contributed by atoms with Gasteiger partial charge in [-0.3, -0.25) is 0 Å². The van der Waals surface area contributed by atoms with Crippen molar-refractivity contribution in [1.82, 2.24) is 10.2 Å². The fourth-order valence-electron chi connectivity index (χ4n) is 1.77. The lowest BCUT2D eigenvalue weighted by Crippen LogP contribution is -2.32. The summed E-state index contributed by atoms with van der Waals surface area (Å²) in [6.45, 7) is 6.00. The summed E-state index contributed by atoms with van der Waals surface area (Å²) in [5.74, 6) is 1.10. The van der Waals surface area contributed by atoms with Gasteiger partial charge in [0.1, 0.15) is 0 Å². The third kappa shape index (κ3) is 4.95. The molecule has 0 amide bonds. The Hall–Kier alpha value is -0.130. The second-order valence-electron chi connectivity index (χ2n) is 4.37. The predicted octanol–water partition coefficient (Wildman–Crippen LogP) is -0.0376. The van der Waals surface area contributed by atoms with Gasteiger partial charge in [0.15, 0.2) is 9.84 Å². The first-order valence-electron chi connectivity index (χ1n) is 5.63. The molecule has 1 rings (SSSR count). The number of rotatable bonds is 6. The van der Waals surface area contributed by atoms with Gasteiger partial charge in [0, 0.05) is 13.1 Å². The van der Waals surface area contributed by atoms with Crippen LogP contribution in [0.15, 0.2) is 0 Å². The van der Waals surface area contributed by atoms with Crippen LogP contribution in [0.2, 0.25) is 0 Å². The zero-order valence-electron chi connectivity index (χ0n) is 9.70. The molecule has 1 aliphatic rings. The summed E-state index contributed by atoms with van der Waals surface area (Å²) in [4.78, 5) is 2.23. The lowest BCUT2D eigenvalue weighted by molar-refractivity contribution is 0.344. The minimum Gasteiger partial charge on any atom is -0.315 e. The average molecular weight is 234 g/mol. The van der Waals surface area contributed by atoms with Gasteiger partial charge in [-0.1, -0.05) is 6.92 Å². The maximum atomic E-state index is 11.2. The van der Waals surface area contributed by atoms with Crippen LogP contribution >= 0.6 is 0 Å². The molecule has 4 nitrogen and oxygen atoms in total. The Labute approximate surface area is 93.0 Å². The van der Waals surface area contributed by atoms with Gasteiger partial charge in [-0.25, -0.2) is 8.42 Å². The Morgan fingerprint density at radius 1 is 1.47 bits per heavy atom. The Morgan fingerprint density at radius 3 is 2.73 bits per heavy atom. The van der Waals surface area contributed by atoms with E-state index in [0.717, 1.165) is 32.6 Å². The zero-order valence-corrected chi connectivity index (χ0v) is 10.5. The summed E-state index contributed by atoms with van der Waals surface area (Å²) in [5.41, 5.74) is 0. The van der Waals surface area contributed by atoms with Crippen molar-refractivity contribution in [2.24, 2.45) is 5.92 Å². The lowest BCUT2D eigenvalue weighted by atomic mass is 10.1. The van der Waals surface area contributed by atoms with E-state index >= 15 is 0 Å². The quantitative estimate of drug-likeness (QED) is 0.655. The Balaban J connectivity index is 2.07. The van der Waals surface area contributed by atoms with Crippen LogP contribution in [-0.2, 0) is 9.84 Å². The monoisotopic (exact) mass is 234 g/mol. The molecule has 0 aromatic heterocycles. The molecular formula is C10H22N2O2S. The van der Waals surface area contributed by atoms with Gasteiger partial charge in [-0.2, -0.15) is 0 Å². The number of sulfone groups is 1. The highest BCUT2D eigenvalue weighted by Crippen LogP contribution is 2.16. The maximum absolute atomic E-state index is 11.2. The highest BCUT2D eigenvalue weighted by molar-refractivity contribution is 7.91. The molecule has 1 heterocycles. The lowest BCUT2D eigenvalue weighted by Gasteiger charge is -2.15. The van der Waals surface area contributed by atoms with E-state index < -0.39 is 9.84 Å². The highest BCUT2D eigenvalue weighted by Gasteiger charge is 2.27. The van der Waals surface area contributed by atoms with Crippen LogP contribution in [0, 0.1) is 5.92 Å². The Bertz CT molecular complexity index is 277. The van der Waals surface area contributed by atoms with Crippen molar-refractivity contribution < 1.29 is 8.42 Å². The van der Waals surface area contributed by atoms with E-state index in [0.29, 0.717) is 17.4 Å². The minimum atomic E-state index is -2.70. The van der Waals surface area contributed by atoms with Crippen molar-refractivity contribution in [2.45, 2.75) is 13.3 Å². The van der Waals surface area contributed by atoms with E-state index in [1.807, 2.05) is 0 Å². The first kappa shape index (κ1) is 12.9. The van der Waals surface area contributed by atoms with Crippen LogP contribution in [0.5, 0.6) is 0 Å². The predicted molar refractivity (Wildman–Crippen MR) is 62.8 cm³/mol. The molecule has 0 spiro atoms. The first-order chi connectivity index (χ1) is 7.03. The fraction of sp³-hybridized carbons (Fsp3) is 1.00. The van der Waals surface area contributed by atoms with Crippen molar-refractivity contribution in [3.05, 3.63) is 0 Å². The molecule has 1 aliphatic heterocycles. The summed E-state index contributed by atoms with van der Waals surface area (Å²) < 4.78 is 22.4. The van der Waals surface area contributed by atoms with Crippen molar-refractivity contribution in [3.8, 4) is 0 Å². The van der Waals surface area contributed by atoms with E-state index in [2.05, 4.69) is 24.2 Å². The molecule has 1 fully saturated rings. The van der Waals surface area contributed by atoms with Gasteiger partial charge in [-0.05, 0) is 32.5 Å². The van der Waals surface area contributed by atoms with Gasteiger partial charge in [0.25, 0.3) is 0 Å². The first-order valence-corrected chi connectivity index (χ1v) is 7.45. The number of nitrogens with zero attached hydrogens (tertiary/aromatic N) is 1. The molecular weight excluding hydrogens is 212 g/mol. The highest BCUT2D eigenvalue weighted by atomic mass is 32.2. The fourth-order valence-corrected chi connectivity index (χ4v) is 3.63. The van der Waals surface area contributed by atoms with E-state index in [-0.39, 0.29) is 0 Å². The summed E-state index contributed by atoms with van der Waals surface area (Å²) in [6.07, 6.45) is 0.832. The topological polar surface area (TPSA) is 49.4 Å². The largest absolute Gasteiger partial charge is 0.315 e. The van der Waals surface area contributed by atoms with E-state index in [1.165, 1.54) is 0 Å². The molecule has 5 heteroatoms. The molecule has 1 saturated heterocycles. The third-order valence-corrected chi connectivity index (χ3v) is 4.81. The van der Waals surface area contributed by atoms with Gasteiger partial charge in [-0.15, -0.1) is 0 Å². The van der Waals surface area contributed by atoms with Crippen LogP contribution in [-0.4, -0.2) is 58.1 Å². The average Bonchev–Trinajstić information content (AvgIpc) is 2.52. The molecule has 1 N–H and O–H groups in total. The van der Waals surface area contributed by atoms with Gasteiger partial charge in [0.2, 0.25) is 0 Å². The molecule has 90 valence electrons. The summed E-state index contributed by atoms with van der Waals surface area (Å²) in [7, 11) is -0.619. The minimum absolute atomic E-state index is 0.335. The van der Waals surface area contributed by atoms with E-state index in [9.17, 15) is 8.42 Å². The second kappa shape index (κ2) is 5.82. The summed E-state index contributed by atoms with van der Waals surface area (Å²) in [6, 6.07) is 0. The Morgan fingerprint density at radius 2 is 2.20 bits per heavy atom. The van der Waals surface area contributed by atoms with Crippen molar-refractivity contribution in [3.63, 3.8) is 0 Å². The molecule has 15 heavy (non-hydrogen) atoms. The normalized spacial score (nSPS) is 24.9. The molecule has 0 bridgehead atoms. The maximum Gasteiger partial charge on any atom is 0.150 e. The van der Waals surface area contributed by atoms with Crippen molar-refractivity contribution in [1.29, 1.82) is 0 Å². The van der Waals surface area contributed by atoms with Gasteiger partial charge in [0.05, 0.1) is 11.5 Å². The Kier molecular flexibility index (Phi) is 5.02. The van der Waals surface area contributed by atoms with Crippen molar-refractivity contribution in [2.75, 3.05) is 44.7 Å². The van der Waals surface area contributed by atoms with E-state index in [1.54, 1.807) is 0 Å². The second-order valence-corrected chi connectivity index (χ2v) is 6.60. The van der Waals surface area contributed by atoms with Gasteiger partial charge < -0.3 is 10.2 Å². The van der Waals surface area contributed by atoms with Crippen LogP contribution < -0.4 is 5.32 Å². The standard InChI is InChI=1S/C10H22N2O2S/c1-3-12(2)6-5-11-8-10-4-7-15(13,14)9-10/h10-11H,3-9H2,1-2H3. The molecule has 0 saturated carbocycles. The van der Waals surface area contributed by atoms with E-state index in [4.69, 9.17) is 0 Å². The molecule has 0 aliphatic carbocycles. The molecule has 0 aromatic rings. The number of hydrogen-bond acceptors (Lipinski definition) is 4. The smallest absolute Gasteiger partial charge is 0.150 e. The molecule has 1 unspecified atom stereocenters. The number of hydrogen-bond donors (Lipinski definition) is 1. The zero-order chi connectivity index (χ0) is 11.3. The van der Waals surface area contributed by atoms with Crippen molar-refractivity contribution >= 4 is 9.84 Å². The summed E-state index contributed by atoms with van der Waals surface area (Å²) in [5, 5.41) is 3.32. The van der Waals surface area contributed by atoms with Gasteiger partial charge >= 0.3 is 0 Å². The molecule has 0 radical (unpaired) electrons. The summed E-state index contributed by atoms with van der Waals surface area (Å²) >= 11 is 0. The van der Waals surface area contributed by atoms with Crippen LogP contribution in [0.1, 0.15) is 13.3 Å². The molecule has 0 aromatic carbocycles. The third-order valence-electron chi connectivity index (χ3n) is 2.97. The number of nitrogens with one attached hydrogen (secondary N) is 1. The van der Waals surface area contributed by atoms with Crippen LogP contribution in [0.25, 0.3) is 0 Å². The van der Waals surface area contributed by atoms with Crippen LogP contribution in [0.4, 0.5) is 0 Å². The SMILES string of the molecule is CCN(C)CCNCC1CCS(=O)(=O)C1. The number of likely N-dealkylation sites (N-methyl/N-ethyl adjacent to an activating group) is 1. The van der Waals surface area contributed by atoms with Crippen LogP contribution in [0.3, 0.4) is 0 Å². The molecule has 1 atom stereocenters.